The maximum atomic E-state index is 5.43. The highest BCUT2D eigenvalue weighted by Gasteiger charge is 2.25. The van der Waals surface area contributed by atoms with Gasteiger partial charge in [-0.2, -0.15) is 4.98 Å². The number of hydrogen-bond donors (Lipinski definition) is 0. The van der Waals surface area contributed by atoms with Gasteiger partial charge in [-0.25, -0.2) is 0 Å². The van der Waals surface area contributed by atoms with Crippen LogP contribution in [0.4, 0.5) is 0 Å². The predicted molar refractivity (Wildman–Crippen MR) is 90.7 cm³/mol. The van der Waals surface area contributed by atoms with E-state index in [1.165, 1.54) is 0 Å². The summed E-state index contributed by atoms with van der Waals surface area (Å²) in [4.78, 5) is 4.52. The number of aromatic nitrogens is 5. The van der Waals surface area contributed by atoms with Crippen LogP contribution in [0.2, 0.25) is 0 Å². The molecule has 0 spiro atoms. The summed E-state index contributed by atoms with van der Waals surface area (Å²) in [6.45, 7) is 11.0. The van der Waals surface area contributed by atoms with Crippen molar-refractivity contribution in [3.05, 3.63) is 30.1 Å². The average molecular weight is 347 g/mol. The Morgan fingerprint density at radius 1 is 1.29 bits per heavy atom. The number of rotatable bonds is 5. The summed E-state index contributed by atoms with van der Waals surface area (Å²) in [7, 11) is 0. The van der Waals surface area contributed by atoms with Gasteiger partial charge in [-0.15, -0.1) is 10.2 Å². The van der Waals surface area contributed by atoms with Gasteiger partial charge in [0.25, 0.3) is 0 Å². The molecule has 0 saturated carbocycles. The van der Waals surface area contributed by atoms with Gasteiger partial charge in [0.1, 0.15) is 0 Å². The van der Waals surface area contributed by atoms with Gasteiger partial charge in [0.2, 0.25) is 5.89 Å². The summed E-state index contributed by atoms with van der Waals surface area (Å²) in [6.07, 6.45) is 1.63. The second kappa shape index (κ2) is 6.43. The Kier molecular flexibility index (Phi) is 4.49. The first-order valence-corrected chi connectivity index (χ1v) is 8.76. The molecule has 0 aliphatic carbocycles. The van der Waals surface area contributed by atoms with Crippen LogP contribution in [0, 0.1) is 0 Å². The van der Waals surface area contributed by atoms with E-state index >= 15 is 0 Å². The average Bonchev–Trinajstić information content (AvgIpc) is 3.26. The Labute approximate surface area is 144 Å². The Morgan fingerprint density at radius 3 is 2.67 bits per heavy atom. The lowest BCUT2D eigenvalue weighted by atomic mass is 9.96. The summed E-state index contributed by atoms with van der Waals surface area (Å²) in [5.41, 5.74) is -0.137. The van der Waals surface area contributed by atoms with E-state index in [0.717, 1.165) is 17.5 Å². The second-order valence-corrected chi connectivity index (χ2v) is 7.80. The molecule has 0 fully saturated rings. The first-order valence-electron chi connectivity index (χ1n) is 7.88. The molecule has 7 nitrogen and oxygen atoms in total. The molecule has 3 rings (SSSR count). The molecular formula is C16H21N5O2S. The molecule has 1 unspecified atom stereocenters. The van der Waals surface area contributed by atoms with Crippen LogP contribution in [0.3, 0.4) is 0 Å². The largest absolute Gasteiger partial charge is 0.461 e. The molecule has 3 heterocycles. The fraction of sp³-hybridized carbons (Fsp3) is 0.500. The van der Waals surface area contributed by atoms with Crippen molar-refractivity contribution in [3.8, 4) is 11.6 Å². The molecular weight excluding hydrogens is 326 g/mol. The second-order valence-electron chi connectivity index (χ2n) is 6.49. The maximum absolute atomic E-state index is 5.43. The molecule has 1 atom stereocenters. The van der Waals surface area contributed by atoms with Gasteiger partial charge in [0.15, 0.2) is 22.6 Å². The quantitative estimate of drug-likeness (QED) is 0.643. The monoisotopic (exact) mass is 347 g/mol. The van der Waals surface area contributed by atoms with Gasteiger partial charge < -0.3 is 8.94 Å². The summed E-state index contributed by atoms with van der Waals surface area (Å²) in [5.74, 6) is 2.73. The van der Waals surface area contributed by atoms with Crippen LogP contribution in [0.25, 0.3) is 11.6 Å². The van der Waals surface area contributed by atoms with E-state index in [4.69, 9.17) is 8.94 Å². The summed E-state index contributed by atoms with van der Waals surface area (Å²) >= 11 is 1.54. The van der Waals surface area contributed by atoms with E-state index in [1.54, 1.807) is 18.0 Å². The minimum absolute atomic E-state index is 0.0208. The van der Waals surface area contributed by atoms with E-state index in [2.05, 4.69) is 48.0 Å². The zero-order valence-corrected chi connectivity index (χ0v) is 15.3. The topological polar surface area (TPSA) is 82.8 Å². The molecule has 3 aromatic heterocycles. The number of nitrogens with zero attached hydrogens (tertiary/aromatic N) is 5. The van der Waals surface area contributed by atoms with Gasteiger partial charge in [0.05, 0.1) is 11.5 Å². The lowest BCUT2D eigenvalue weighted by Gasteiger charge is -2.11. The van der Waals surface area contributed by atoms with Crippen molar-refractivity contribution in [1.29, 1.82) is 0 Å². The molecule has 3 aromatic rings. The minimum Gasteiger partial charge on any atom is -0.461 e. The predicted octanol–water partition coefficient (Wildman–Crippen LogP) is 4.09. The molecule has 128 valence electrons. The standard InChI is InChI=1S/C16H21N5O2S/c1-6-21-12(11-8-7-9-22-11)18-19-15(21)24-10(2)13-17-14(20-23-13)16(3,4)5/h7-10H,6H2,1-5H3. The molecule has 24 heavy (non-hydrogen) atoms. The van der Waals surface area contributed by atoms with Crippen LogP contribution in [-0.2, 0) is 12.0 Å². The van der Waals surface area contributed by atoms with Crippen molar-refractivity contribution in [2.24, 2.45) is 0 Å². The molecule has 0 bridgehead atoms. The molecule has 0 aliphatic rings. The van der Waals surface area contributed by atoms with Gasteiger partial charge >= 0.3 is 0 Å². The SMILES string of the molecule is CCn1c(SC(C)c2nc(C(C)(C)C)no2)nnc1-c1ccco1. The third-order valence-electron chi connectivity index (χ3n) is 3.52. The maximum Gasteiger partial charge on any atom is 0.239 e. The van der Waals surface area contributed by atoms with E-state index in [-0.39, 0.29) is 10.7 Å². The molecule has 0 aromatic carbocycles. The highest BCUT2D eigenvalue weighted by molar-refractivity contribution is 7.99. The van der Waals surface area contributed by atoms with Crippen LogP contribution in [-0.4, -0.2) is 24.9 Å². The van der Waals surface area contributed by atoms with Crippen molar-refractivity contribution in [1.82, 2.24) is 24.9 Å². The lowest BCUT2D eigenvalue weighted by molar-refractivity contribution is 0.364. The van der Waals surface area contributed by atoms with Crippen LogP contribution in [0.5, 0.6) is 0 Å². The highest BCUT2D eigenvalue weighted by Crippen LogP contribution is 2.35. The molecule has 0 saturated heterocycles. The fourth-order valence-corrected chi connectivity index (χ4v) is 3.11. The van der Waals surface area contributed by atoms with Gasteiger partial charge in [-0.1, -0.05) is 37.7 Å². The van der Waals surface area contributed by atoms with Crippen LogP contribution >= 0.6 is 11.8 Å². The number of hydrogen-bond acceptors (Lipinski definition) is 7. The highest BCUT2D eigenvalue weighted by atomic mass is 32.2. The fourth-order valence-electron chi connectivity index (χ4n) is 2.16. The third-order valence-corrected chi connectivity index (χ3v) is 4.59. The Bertz CT molecular complexity index is 801. The molecule has 0 N–H and O–H groups in total. The minimum atomic E-state index is -0.137. The molecule has 8 heteroatoms. The van der Waals surface area contributed by atoms with Gasteiger partial charge in [0, 0.05) is 12.0 Å². The van der Waals surface area contributed by atoms with Crippen molar-refractivity contribution in [3.63, 3.8) is 0 Å². The van der Waals surface area contributed by atoms with E-state index in [1.807, 2.05) is 23.6 Å². The normalized spacial score (nSPS) is 13.4. The van der Waals surface area contributed by atoms with Crippen LogP contribution < -0.4 is 0 Å². The summed E-state index contributed by atoms with van der Waals surface area (Å²) < 4.78 is 12.9. The molecule has 0 radical (unpaired) electrons. The van der Waals surface area contributed by atoms with Crippen LogP contribution in [0.1, 0.15) is 51.6 Å². The van der Waals surface area contributed by atoms with Gasteiger partial charge in [-0.3, -0.25) is 4.57 Å². The van der Waals surface area contributed by atoms with Crippen molar-refractivity contribution < 1.29 is 8.94 Å². The summed E-state index contributed by atoms with van der Waals surface area (Å²) in [5, 5.41) is 13.4. The first kappa shape index (κ1) is 16.8. The third kappa shape index (κ3) is 3.24. The molecule has 0 aliphatic heterocycles. The van der Waals surface area contributed by atoms with Crippen molar-refractivity contribution in [2.75, 3.05) is 0 Å². The van der Waals surface area contributed by atoms with Crippen molar-refractivity contribution >= 4 is 11.8 Å². The zero-order chi connectivity index (χ0) is 17.3. The van der Waals surface area contributed by atoms with E-state index in [0.29, 0.717) is 17.5 Å². The van der Waals surface area contributed by atoms with Gasteiger partial charge in [-0.05, 0) is 26.0 Å². The summed E-state index contributed by atoms with van der Waals surface area (Å²) in [6, 6.07) is 3.72. The van der Waals surface area contributed by atoms with E-state index in [9.17, 15) is 0 Å². The smallest absolute Gasteiger partial charge is 0.239 e. The molecule has 0 amide bonds. The number of thioether (sulfide) groups is 1. The van der Waals surface area contributed by atoms with Crippen LogP contribution in [0.15, 0.2) is 32.5 Å². The van der Waals surface area contributed by atoms with Crippen molar-refractivity contribution in [2.45, 2.75) is 57.0 Å². The zero-order valence-electron chi connectivity index (χ0n) is 14.5. The van der Waals surface area contributed by atoms with E-state index < -0.39 is 0 Å². The number of furan rings is 1. The Hall–Kier alpha value is -2.09. The lowest BCUT2D eigenvalue weighted by Crippen LogP contribution is -2.13. The Morgan fingerprint density at radius 2 is 2.08 bits per heavy atom. The Balaban J connectivity index is 1.82. The first-order chi connectivity index (χ1) is 11.4.